The molecule has 0 heterocycles. The Morgan fingerprint density at radius 2 is 1.84 bits per heavy atom. The van der Waals surface area contributed by atoms with Crippen LogP contribution in [-0.4, -0.2) is 51.9 Å². The normalized spacial score (nSPS) is 12.3. The third-order valence-corrected chi connectivity index (χ3v) is 4.68. The molecule has 0 bridgehead atoms. The maximum Gasteiger partial charge on any atom is 0.218 e. The maximum atomic E-state index is 12.2. The molecule has 0 aromatic heterocycles. The van der Waals surface area contributed by atoms with Crippen LogP contribution in [0, 0.1) is 0 Å². The standard InChI is InChI=1S/C13H23N3O2S/c1-15(2)8-5-9-16(3)19(17,18)11-12-6-4-7-13(14)10-12/h4,6-7,10H,5,8-9,11,14H2,1-3H3. The molecule has 0 saturated heterocycles. The molecule has 1 aromatic rings. The molecule has 0 spiro atoms. The molecule has 19 heavy (non-hydrogen) atoms. The summed E-state index contributed by atoms with van der Waals surface area (Å²) in [5.41, 5.74) is 6.96. The summed E-state index contributed by atoms with van der Waals surface area (Å²) in [5, 5.41) is 0. The van der Waals surface area contributed by atoms with E-state index in [1.165, 1.54) is 4.31 Å². The monoisotopic (exact) mass is 285 g/mol. The largest absolute Gasteiger partial charge is 0.399 e. The molecule has 0 aliphatic heterocycles. The molecule has 6 heteroatoms. The van der Waals surface area contributed by atoms with Gasteiger partial charge in [-0.2, -0.15) is 0 Å². The number of nitrogen functional groups attached to an aromatic ring is 1. The van der Waals surface area contributed by atoms with Crippen LogP contribution in [0.4, 0.5) is 5.69 Å². The molecule has 5 nitrogen and oxygen atoms in total. The first kappa shape index (κ1) is 15.9. The van der Waals surface area contributed by atoms with Crippen LogP contribution in [0.5, 0.6) is 0 Å². The van der Waals surface area contributed by atoms with Crippen molar-refractivity contribution in [1.82, 2.24) is 9.21 Å². The smallest absolute Gasteiger partial charge is 0.218 e. The van der Waals surface area contributed by atoms with E-state index in [9.17, 15) is 8.42 Å². The highest BCUT2D eigenvalue weighted by Crippen LogP contribution is 2.12. The van der Waals surface area contributed by atoms with Gasteiger partial charge < -0.3 is 10.6 Å². The van der Waals surface area contributed by atoms with E-state index in [0.29, 0.717) is 12.2 Å². The van der Waals surface area contributed by atoms with Gasteiger partial charge >= 0.3 is 0 Å². The molecule has 0 fully saturated rings. The van der Waals surface area contributed by atoms with Crippen LogP contribution in [0.15, 0.2) is 24.3 Å². The highest BCUT2D eigenvalue weighted by molar-refractivity contribution is 7.88. The Hall–Kier alpha value is -1.11. The Labute approximate surface area is 116 Å². The molecule has 0 aliphatic rings. The topological polar surface area (TPSA) is 66.6 Å². The predicted octanol–water partition coefficient (Wildman–Crippen LogP) is 0.982. The van der Waals surface area contributed by atoms with Crippen molar-refractivity contribution < 1.29 is 8.42 Å². The maximum absolute atomic E-state index is 12.2. The van der Waals surface area contributed by atoms with Gasteiger partial charge in [-0.25, -0.2) is 12.7 Å². The minimum absolute atomic E-state index is 0.00347. The summed E-state index contributed by atoms with van der Waals surface area (Å²) >= 11 is 0. The lowest BCUT2D eigenvalue weighted by Crippen LogP contribution is -2.30. The Bertz CT molecular complexity index is 500. The van der Waals surface area contributed by atoms with Gasteiger partial charge in [-0.15, -0.1) is 0 Å². The van der Waals surface area contributed by atoms with Crippen molar-refractivity contribution in [3.63, 3.8) is 0 Å². The highest BCUT2D eigenvalue weighted by Gasteiger charge is 2.18. The number of hydrogen-bond donors (Lipinski definition) is 1. The lowest BCUT2D eigenvalue weighted by molar-refractivity contribution is 0.370. The molecule has 2 N–H and O–H groups in total. The summed E-state index contributed by atoms with van der Waals surface area (Å²) in [4.78, 5) is 2.04. The second-order valence-corrected chi connectivity index (χ2v) is 7.06. The molecule has 0 aliphatic carbocycles. The number of nitrogens with two attached hydrogens (primary N) is 1. The molecule has 1 rings (SSSR count). The van der Waals surface area contributed by atoms with E-state index < -0.39 is 10.0 Å². The van der Waals surface area contributed by atoms with Crippen molar-refractivity contribution in [1.29, 1.82) is 0 Å². The fourth-order valence-corrected chi connectivity index (χ4v) is 2.98. The summed E-state index contributed by atoms with van der Waals surface area (Å²) in [7, 11) is 2.30. The third kappa shape index (κ3) is 5.59. The van der Waals surface area contributed by atoms with Gasteiger partial charge in [-0.1, -0.05) is 12.1 Å². The molecule has 0 saturated carbocycles. The minimum Gasteiger partial charge on any atom is -0.399 e. The second-order valence-electron chi connectivity index (χ2n) is 4.98. The summed E-state index contributed by atoms with van der Waals surface area (Å²) in [5.74, 6) is -0.00347. The van der Waals surface area contributed by atoms with Crippen molar-refractivity contribution in [2.45, 2.75) is 12.2 Å². The van der Waals surface area contributed by atoms with Crippen molar-refractivity contribution in [2.24, 2.45) is 0 Å². The van der Waals surface area contributed by atoms with Crippen molar-refractivity contribution in [2.75, 3.05) is 40.0 Å². The Morgan fingerprint density at radius 3 is 2.42 bits per heavy atom. The Morgan fingerprint density at radius 1 is 1.16 bits per heavy atom. The van der Waals surface area contributed by atoms with E-state index in [4.69, 9.17) is 5.73 Å². The summed E-state index contributed by atoms with van der Waals surface area (Å²) in [6.45, 7) is 1.40. The van der Waals surface area contributed by atoms with Crippen LogP contribution in [-0.2, 0) is 15.8 Å². The van der Waals surface area contributed by atoms with Crippen molar-refractivity contribution in [3.05, 3.63) is 29.8 Å². The fraction of sp³-hybridized carbons (Fsp3) is 0.538. The van der Waals surface area contributed by atoms with Gasteiger partial charge in [0.2, 0.25) is 10.0 Å². The van der Waals surface area contributed by atoms with Gasteiger partial charge in [-0.3, -0.25) is 0 Å². The lowest BCUT2D eigenvalue weighted by Gasteiger charge is -2.18. The molecular weight excluding hydrogens is 262 g/mol. The first-order valence-corrected chi connectivity index (χ1v) is 7.85. The van der Waals surface area contributed by atoms with Crippen LogP contribution in [0.3, 0.4) is 0 Å². The lowest BCUT2D eigenvalue weighted by atomic mass is 10.2. The zero-order chi connectivity index (χ0) is 14.5. The number of sulfonamides is 1. The number of anilines is 1. The van der Waals surface area contributed by atoms with Gasteiger partial charge in [0.15, 0.2) is 0 Å². The summed E-state index contributed by atoms with van der Waals surface area (Å²) < 4.78 is 25.7. The highest BCUT2D eigenvalue weighted by atomic mass is 32.2. The zero-order valence-electron chi connectivity index (χ0n) is 11.8. The van der Waals surface area contributed by atoms with E-state index in [-0.39, 0.29) is 5.75 Å². The van der Waals surface area contributed by atoms with Gasteiger partial charge in [0.1, 0.15) is 0 Å². The van der Waals surface area contributed by atoms with E-state index >= 15 is 0 Å². The zero-order valence-corrected chi connectivity index (χ0v) is 12.7. The fourth-order valence-electron chi connectivity index (χ4n) is 1.75. The first-order chi connectivity index (χ1) is 8.81. The van der Waals surface area contributed by atoms with Gasteiger partial charge in [-0.05, 0) is 44.8 Å². The Kier molecular flexibility index (Phi) is 5.78. The van der Waals surface area contributed by atoms with Crippen LogP contribution in [0.25, 0.3) is 0 Å². The van der Waals surface area contributed by atoms with Gasteiger partial charge in [0.25, 0.3) is 0 Å². The molecule has 0 radical (unpaired) electrons. The molecule has 108 valence electrons. The van der Waals surface area contributed by atoms with Crippen LogP contribution in [0.2, 0.25) is 0 Å². The average Bonchev–Trinajstić information content (AvgIpc) is 2.27. The molecule has 1 aromatic carbocycles. The number of hydrogen-bond acceptors (Lipinski definition) is 4. The van der Waals surface area contributed by atoms with Crippen LogP contribution < -0.4 is 5.73 Å². The predicted molar refractivity (Wildman–Crippen MR) is 79.3 cm³/mol. The molecular formula is C13H23N3O2S. The number of nitrogens with zero attached hydrogens (tertiary/aromatic N) is 2. The van der Waals surface area contributed by atoms with Crippen LogP contribution in [0.1, 0.15) is 12.0 Å². The molecule has 0 amide bonds. The third-order valence-electron chi connectivity index (χ3n) is 2.85. The molecule has 0 unspecified atom stereocenters. The second kappa shape index (κ2) is 6.88. The molecule has 0 atom stereocenters. The van der Waals surface area contributed by atoms with E-state index in [2.05, 4.69) is 0 Å². The summed E-state index contributed by atoms with van der Waals surface area (Å²) in [6.07, 6.45) is 0.819. The quantitative estimate of drug-likeness (QED) is 0.759. The van der Waals surface area contributed by atoms with Gasteiger partial charge in [0, 0.05) is 19.3 Å². The van der Waals surface area contributed by atoms with Gasteiger partial charge in [0.05, 0.1) is 5.75 Å². The first-order valence-electron chi connectivity index (χ1n) is 6.24. The summed E-state index contributed by atoms with van der Waals surface area (Å²) in [6, 6.07) is 7.00. The van der Waals surface area contributed by atoms with Crippen LogP contribution >= 0.6 is 0 Å². The van der Waals surface area contributed by atoms with E-state index in [1.807, 2.05) is 19.0 Å². The van der Waals surface area contributed by atoms with Crippen molar-refractivity contribution >= 4 is 15.7 Å². The number of rotatable bonds is 7. The Balaban J connectivity index is 2.60. The SMILES string of the molecule is CN(C)CCCN(C)S(=O)(=O)Cc1cccc(N)c1. The van der Waals surface area contributed by atoms with Crippen molar-refractivity contribution in [3.8, 4) is 0 Å². The van der Waals surface area contributed by atoms with E-state index in [0.717, 1.165) is 18.5 Å². The average molecular weight is 285 g/mol. The number of benzene rings is 1. The van der Waals surface area contributed by atoms with E-state index in [1.54, 1.807) is 31.3 Å². The minimum atomic E-state index is -3.27.